The fourth-order valence-corrected chi connectivity index (χ4v) is 1.15. The largest absolute Gasteiger partial charge is 0.490 e. The molecule has 0 aliphatic carbocycles. The minimum Gasteiger partial charge on any atom is -0.423 e. The molecule has 0 atom stereocenters. The van der Waals surface area contributed by atoms with E-state index in [4.69, 9.17) is 15.8 Å². The average molecular weight is 177 g/mol. The smallest absolute Gasteiger partial charge is 0.423 e. The molecular weight excluding hydrogens is 165 g/mol. The summed E-state index contributed by atoms with van der Waals surface area (Å²) in [7, 11) is -1.51. The minimum absolute atomic E-state index is 0.343. The first kappa shape index (κ1) is 9.83. The van der Waals surface area contributed by atoms with Crippen LogP contribution in [-0.4, -0.2) is 17.2 Å². The van der Waals surface area contributed by atoms with Crippen LogP contribution in [-0.2, 0) is 0 Å². The highest BCUT2D eigenvalue weighted by atomic mass is 16.4. The molecule has 0 aliphatic rings. The van der Waals surface area contributed by atoms with Crippen molar-refractivity contribution in [3.63, 3.8) is 0 Å². The number of benzene rings is 1. The SMILES string of the molecule is CC=Cc1cccc(B(O)O)c1N. The molecule has 3 nitrogen and oxygen atoms in total. The molecule has 13 heavy (non-hydrogen) atoms. The Kier molecular flexibility index (Phi) is 3.11. The van der Waals surface area contributed by atoms with E-state index in [1.165, 1.54) is 0 Å². The summed E-state index contributed by atoms with van der Waals surface area (Å²) in [5.41, 5.74) is 7.25. The molecule has 1 aromatic rings. The van der Waals surface area contributed by atoms with Crippen molar-refractivity contribution >= 4 is 24.3 Å². The Morgan fingerprint density at radius 2 is 2.08 bits per heavy atom. The Bertz CT molecular complexity index is 323. The molecule has 68 valence electrons. The fraction of sp³-hybridized carbons (Fsp3) is 0.111. The molecule has 0 bridgehead atoms. The van der Waals surface area contributed by atoms with Gasteiger partial charge in [-0.15, -0.1) is 0 Å². The van der Waals surface area contributed by atoms with E-state index in [1.54, 1.807) is 12.1 Å². The number of allylic oxidation sites excluding steroid dienone is 1. The van der Waals surface area contributed by atoms with E-state index in [9.17, 15) is 0 Å². The third kappa shape index (κ3) is 2.11. The number of anilines is 1. The second-order valence-electron chi connectivity index (χ2n) is 2.72. The molecule has 4 heteroatoms. The second kappa shape index (κ2) is 4.12. The van der Waals surface area contributed by atoms with Gasteiger partial charge in [0.2, 0.25) is 0 Å². The zero-order chi connectivity index (χ0) is 9.84. The van der Waals surface area contributed by atoms with Crippen molar-refractivity contribution in [3.05, 3.63) is 29.8 Å². The maximum absolute atomic E-state index is 8.95. The van der Waals surface area contributed by atoms with Gasteiger partial charge in [0.1, 0.15) is 0 Å². The lowest BCUT2D eigenvalue weighted by atomic mass is 9.78. The summed E-state index contributed by atoms with van der Waals surface area (Å²) in [6.07, 6.45) is 3.67. The summed E-state index contributed by atoms with van der Waals surface area (Å²) in [6.45, 7) is 1.88. The second-order valence-corrected chi connectivity index (χ2v) is 2.72. The van der Waals surface area contributed by atoms with E-state index in [-0.39, 0.29) is 0 Å². The van der Waals surface area contributed by atoms with Gasteiger partial charge in [-0.3, -0.25) is 0 Å². The number of nitrogens with two attached hydrogens (primary N) is 1. The third-order valence-corrected chi connectivity index (χ3v) is 1.80. The summed E-state index contributed by atoms with van der Waals surface area (Å²) in [6, 6.07) is 5.15. The van der Waals surface area contributed by atoms with Crippen LogP contribution in [0.1, 0.15) is 12.5 Å². The highest BCUT2D eigenvalue weighted by molar-refractivity contribution is 6.60. The molecular formula is C9H12BNO2. The maximum Gasteiger partial charge on any atom is 0.490 e. The van der Waals surface area contributed by atoms with E-state index < -0.39 is 7.12 Å². The van der Waals surface area contributed by atoms with Crippen molar-refractivity contribution in [3.8, 4) is 0 Å². The fourth-order valence-electron chi connectivity index (χ4n) is 1.15. The predicted octanol–water partition coefficient (Wildman–Crippen LogP) is -0.0183. The lowest BCUT2D eigenvalue weighted by Crippen LogP contribution is -2.32. The van der Waals surface area contributed by atoms with Gasteiger partial charge in [0.05, 0.1) is 0 Å². The number of nitrogen functional groups attached to an aromatic ring is 1. The van der Waals surface area contributed by atoms with Crippen molar-refractivity contribution in [2.75, 3.05) is 5.73 Å². The molecule has 0 aliphatic heterocycles. The first-order chi connectivity index (χ1) is 6.16. The van der Waals surface area contributed by atoms with Gasteiger partial charge in [-0.05, 0) is 12.5 Å². The van der Waals surface area contributed by atoms with Crippen LogP contribution in [0.5, 0.6) is 0 Å². The standard InChI is InChI=1S/C9H12BNO2/c1-2-4-7-5-3-6-8(9(7)11)10(12)13/h2-6,12-13H,11H2,1H3. The van der Waals surface area contributed by atoms with Crippen LogP contribution in [0.2, 0.25) is 0 Å². The number of para-hydroxylation sites is 1. The summed E-state index contributed by atoms with van der Waals surface area (Å²) >= 11 is 0. The van der Waals surface area contributed by atoms with Crippen LogP contribution in [0.25, 0.3) is 6.08 Å². The predicted molar refractivity (Wildman–Crippen MR) is 55.4 cm³/mol. The van der Waals surface area contributed by atoms with Gasteiger partial charge in [0.25, 0.3) is 0 Å². The third-order valence-electron chi connectivity index (χ3n) is 1.80. The van der Waals surface area contributed by atoms with Gasteiger partial charge in [-0.2, -0.15) is 0 Å². The normalized spacial score (nSPS) is 10.7. The molecule has 0 radical (unpaired) electrons. The summed E-state index contributed by atoms with van der Waals surface area (Å²) < 4.78 is 0. The highest BCUT2D eigenvalue weighted by Gasteiger charge is 2.15. The van der Waals surface area contributed by atoms with Crippen molar-refractivity contribution in [2.24, 2.45) is 0 Å². The number of hydrogen-bond donors (Lipinski definition) is 3. The van der Waals surface area contributed by atoms with E-state index in [1.807, 2.05) is 25.1 Å². The topological polar surface area (TPSA) is 66.5 Å². The molecule has 0 saturated carbocycles. The van der Waals surface area contributed by atoms with Crippen molar-refractivity contribution in [1.82, 2.24) is 0 Å². The van der Waals surface area contributed by atoms with E-state index in [0.717, 1.165) is 5.56 Å². The summed E-state index contributed by atoms with van der Waals surface area (Å²) in [5.74, 6) is 0. The lowest BCUT2D eigenvalue weighted by Gasteiger charge is -2.06. The zero-order valence-corrected chi connectivity index (χ0v) is 7.44. The molecule has 0 fully saturated rings. The van der Waals surface area contributed by atoms with Gasteiger partial charge in [-0.25, -0.2) is 0 Å². The highest BCUT2D eigenvalue weighted by Crippen LogP contribution is 2.10. The molecule has 4 N–H and O–H groups in total. The molecule has 1 rings (SSSR count). The van der Waals surface area contributed by atoms with Gasteiger partial charge in [-0.1, -0.05) is 30.4 Å². The molecule has 0 spiro atoms. The zero-order valence-electron chi connectivity index (χ0n) is 7.44. The first-order valence-electron chi connectivity index (χ1n) is 4.04. The number of rotatable bonds is 2. The Labute approximate surface area is 77.7 Å². The molecule has 0 heterocycles. The van der Waals surface area contributed by atoms with Gasteiger partial charge in [0, 0.05) is 11.2 Å². The van der Waals surface area contributed by atoms with Crippen LogP contribution >= 0.6 is 0 Å². The minimum atomic E-state index is -1.51. The molecule has 0 saturated heterocycles. The first-order valence-corrected chi connectivity index (χ1v) is 4.04. The summed E-state index contributed by atoms with van der Waals surface area (Å²) in [5, 5.41) is 17.9. The molecule has 1 aromatic carbocycles. The van der Waals surface area contributed by atoms with E-state index >= 15 is 0 Å². The van der Waals surface area contributed by atoms with Crippen molar-refractivity contribution in [2.45, 2.75) is 6.92 Å². The van der Waals surface area contributed by atoms with Crippen LogP contribution in [0.4, 0.5) is 5.69 Å². The molecule has 0 aromatic heterocycles. The average Bonchev–Trinajstić information content (AvgIpc) is 2.08. The van der Waals surface area contributed by atoms with E-state index in [2.05, 4.69) is 0 Å². The molecule has 0 amide bonds. The Balaban J connectivity index is 3.18. The van der Waals surface area contributed by atoms with Crippen molar-refractivity contribution in [1.29, 1.82) is 0 Å². The van der Waals surface area contributed by atoms with Crippen LogP contribution in [0.3, 0.4) is 0 Å². The number of hydrogen-bond acceptors (Lipinski definition) is 3. The Hall–Kier alpha value is -1.26. The van der Waals surface area contributed by atoms with Crippen LogP contribution in [0, 0.1) is 0 Å². The quantitative estimate of drug-likeness (QED) is 0.439. The Morgan fingerprint density at radius 1 is 1.38 bits per heavy atom. The van der Waals surface area contributed by atoms with Crippen LogP contribution < -0.4 is 11.2 Å². The lowest BCUT2D eigenvalue weighted by molar-refractivity contribution is 0.426. The maximum atomic E-state index is 8.95. The van der Waals surface area contributed by atoms with Crippen LogP contribution in [0.15, 0.2) is 24.3 Å². The van der Waals surface area contributed by atoms with Gasteiger partial charge >= 0.3 is 7.12 Å². The van der Waals surface area contributed by atoms with E-state index in [0.29, 0.717) is 11.2 Å². The molecule has 0 unspecified atom stereocenters. The van der Waals surface area contributed by atoms with Gasteiger partial charge < -0.3 is 15.8 Å². The van der Waals surface area contributed by atoms with Gasteiger partial charge in [0.15, 0.2) is 0 Å². The van der Waals surface area contributed by atoms with Crippen molar-refractivity contribution < 1.29 is 10.0 Å². The monoisotopic (exact) mass is 177 g/mol. The Morgan fingerprint density at radius 3 is 2.62 bits per heavy atom. The summed E-state index contributed by atoms with van der Waals surface area (Å²) in [4.78, 5) is 0.